The molecule has 0 bridgehead atoms. The zero-order chi connectivity index (χ0) is 15.5. The molecule has 0 fully saturated rings. The fourth-order valence-electron chi connectivity index (χ4n) is 2.60. The van der Waals surface area contributed by atoms with E-state index in [2.05, 4.69) is 61.5 Å². The quantitative estimate of drug-likeness (QED) is 0.502. The van der Waals surface area contributed by atoms with E-state index in [1.165, 1.54) is 43.2 Å². The molecule has 0 radical (unpaired) electrons. The van der Waals surface area contributed by atoms with Crippen LogP contribution in [-0.2, 0) is 12.8 Å². The number of hydrogen-bond donors (Lipinski definition) is 0. The molecule has 0 saturated heterocycles. The minimum absolute atomic E-state index is 0.808. The van der Waals surface area contributed by atoms with Crippen LogP contribution in [0.5, 0.6) is 5.75 Å². The summed E-state index contributed by atoms with van der Waals surface area (Å²) >= 11 is 0. The predicted molar refractivity (Wildman–Crippen MR) is 94.5 cm³/mol. The Bertz CT molecular complexity index is 501. The highest BCUT2D eigenvalue weighted by atomic mass is 16.5. The third-order valence-electron chi connectivity index (χ3n) is 3.96. The van der Waals surface area contributed by atoms with Crippen molar-refractivity contribution in [3.05, 3.63) is 65.7 Å². The number of ether oxygens (including phenoxy) is 1. The first-order valence-electron chi connectivity index (χ1n) is 8.64. The fraction of sp³-hybridized carbons (Fsp3) is 0.429. The Hall–Kier alpha value is -1.76. The SMILES string of the molecule is CCCCCc1ccc(OCCCCc2ccccc2)cc1. The Morgan fingerprint density at radius 3 is 2.00 bits per heavy atom. The standard InChI is InChI=1S/C21H28O/c1-2-3-5-10-20-14-16-21(17-15-20)22-18-9-8-13-19-11-6-4-7-12-19/h4,6-7,11-12,14-17H,2-3,5,8-10,13,18H2,1H3. The normalized spacial score (nSPS) is 10.6. The predicted octanol–water partition coefficient (Wildman–Crippen LogP) is 5.82. The summed E-state index contributed by atoms with van der Waals surface area (Å²) in [5.74, 6) is 0.999. The monoisotopic (exact) mass is 296 g/mol. The van der Waals surface area contributed by atoms with Crippen LogP contribution >= 0.6 is 0 Å². The maximum absolute atomic E-state index is 5.82. The van der Waals surface area contributed by atoms with E-state index < -0.39 is 0 Å². The van der Waals surface area contributed by atoms with E-state index in [1.54, 1.807) is 0 Å². The maximum atomic E-state index is 5.82. The maximum Gasteiger partial charge on any atom is 0.119 e. The van der Waals surface area contributed by atoms with Gasteiger partial charge in [-0.1, -0.05) is 62.2 Å². The largest absolute Gasteiger partial charge is 0.494 e. The van der Waals surface area contributed by atoms with E-state index in [0.717, 1.165) is 25.2 Å². The third kappa shape index (κ3) is 6.34. The van der Waals surface area contributed by atoms with Gasteiger partial charge in [0.2, 0.25) is 0 Å². The van der Waals surface area contributed by atoms with E-state index >= 15 is 0 Å². The van der Waals surface area contributed by atoms with Gasteiger partial charge >= 0.3 is 0 Å². The molecular weight excluding hydrogens is 268 g/mol. The molecule has 0 aromatic heterocycles. The van der Waals surface area contributed by atoms with Crippen LogP contribution in [-0.4, -0.2) is 6.61 Å². The van der Waals surface area contributed by atoms with Gasteiger partial charge in [0.05, 0.1) is 6.61 Å². The minimum atomic E-state index is 0.808. The van der Waals surface area contributed by atoms with Gasteiger partial charge in [-0.2, -0.15) is 0 Å². The van der Waals surface area contributed by atoms with E-state index in [4.69, 9.17) is 4.74 Å². The van der Waals surface area contributed by atoms with Crippen molar-refractivity contribution in [3.8, 4) is 5.75 Å². The zero-order valence-electron chi connectivity index (χ0n) is 13.8. The van der Waals surface area contributed by atoms with Gasteiger partial charge in [-0.3, -0.25) is 0 Å². The highest BCUT2D eigenvalue weighted by Crippen LogP contribution is 2.15. The lowest BCUT2D eigenvalue weighted by Gasteiger charge is -2.07. The molecule has 2 rings (SSSR count). The first kappa shape index (κ1) is 16.6. The number of unbranched alkanes of at least 4 members (excludes halogenated alkanes) is 3. The van der Waals surface area contributed by atoms with Crippen molar-refractivity contribution < 1.29 is 4.74 Å². The molecule has 118 valence electrons. The van der Waals surface area contributed by atoms with Crippen LogP contribution < -0.4 is 4.74 Å². The summed E-state index contributed by atoms with van der Waals surface area (Å²) in [6.07, 6.45) is 8.50. The Labute approximate surface area is 135 Å². The Kier molecular flexibility index (Phi) is 7.59. The van der Waals surface area contributed by atoms with Gasteiger partial charge in [-0.15, -0.1) is 0 Å². The van der Waals surface area contributed by atoms with Crippen LogP contribution in [0, 0.1) is 0 Å². The van der Waals surface area contributed by atoms with Gasteiger partial charge in [0.1, 0.15) is 5.75 Å². The lowest BCUT2D eigenvalue weighted by molar-refractivity contribution is 0.307. The van der Waals surface area contributed by atoms with Crippen molar-refractivity contribution in [1.29, 1.82) is 0 Å². The highest BCUT2D eigenvalue weighted by molar-refractivity contribution is 5.27. The van der Waals surface area contributed by atoms with Crippen LogP contribution in [0.1, 0.15) is 50.2 Å². The van der Waals surface area contributed by atoms with Crippen molar-refractivity contribution in [1.82, 2.24) is 0 Å². The Morgan fingerprint density at radius 1 is 0.682 bits per heavy atom. The van der Waals surface area contributed by atoms with Crippen molar-refractivity contribution in [2.45, 2.75) is 51.9 Å². The minimum Gasteiger partial charge on any atom is -0.494 e. The first-order valence-corrected chi connectivity index (χ1v) is 8.64. The number of hydrogen-bond acceptors (Lipinski definition) is 1. The number of benzene rings is 2. The van der Waals surface area contributed by atoms with Crippen LogP contribution in [0.2, 0.25) is 0 Å². The molecule has 0 heterocycles. The van der Waals surface area contributed by atoms with Gasteiger partial charge < -0.3 is 4.74 Å². The molecule has 2 aromatic rings. The number of rotatable bonds is 10. The molecule has 0 aliphatic rings. The molecule has 0 aliphatic carbocycles. The summed E-state index contributed by atoms with van der Waals surface area (Å²) < 4.78 is 5.82. The second-order valence-corrected chi connectivity index (χ2v) is 5.89. The summed E-state index contributed by atoms with van der Waals surface area (Å²) in [4.78, 5) is 0. The molecule has 22 heavy (non-hydrogen) atoms. The van der Waals surface area contributed by atoms with Crippen molar-refractivity contribution in [3.63, 3.8) is 0 Å². The van der Waals surface area contributed by atoms with E-state index in [9.17, 15) is 0 Å². The Balaban J connectivity index is 1.60. The second-order valence-electron chi connectivity index (χ2n) is 5.89. The van der Waals surface area contributed by atoms with Crippen LogP contribution in [0.25, 0.3) is 0 Å². The smallest absolute Gasteiger partial charge is 0.119 e. The highest BCUT2D eigenvalue weighted by Gasteiger charge is 1.97. The fourth-order valence-corrected chi connectivity index (χ4v) is 2.60. The van der Waals surface area contributed by atoms with Crippen LogP contribution in [0.4, 0.5) is 0 Å². The second kappa shape index (κ2) is 10.0. The first-order chi connectivity index (χ1) is 10.9. The molecule has 0 saturated carbocycles. The molecule has 0 unspecified atom stereocenters. The third-order valence-corrected chi connectivity index (χ3v) is 3.96. The molecule has 0 N–H and O–H groups in total. The van der Waals surface area contributed by atoms with E-state index in [1.807, 2.05) is 0 Å². The molecule has 0 spiro atoms. The molecule has 0 aliphatic heterocycles. The topological polar surface area (TPSA) is 9.23 Å². The van der Waals surface area contributed by atoms with Crippen LogP contribution in [0.15, 0.2) is 54.6 Å². The van der Waals surface area contributed by atoms with Crippen LogP contribution in [0.3, 0.4) is 0 Å². The number of aryl methyl sites for hydroxylation is 2. The Morgan fingerprint density at radius 2 is 1.32 bits per heavy atom. The summed E-state index contributed by atoms with van der Waals surface area (Å²) in [6.45, 7) is 3.05. The van der Waals surface area contributed by atoms with Gasteiger partial charge in [0.25, 0.3) is 0 Å². The zero-order valence-corrected chi connectivity index (χ0v) is 13.8. The lowest BCUT2D eigenvalue weighted by Crippen LogP contribution is -1.98. The molecular formula is C21H28O. The molecule has 0 atom stereocenters. The van der Waals surface area contributed by atoms with Gasteiger partial charge in [0.15, 0.2) is 0 Å². The summed E-state index contributed by atoms with van der Waals surface area (Å²) in [5.41, 5.74) is 2.84. The van der Waals surface area contributed by atoms with E-state index in [0.29, 0.717) is 0 Å². The average Bonchev–Trinajstić information content (AvgIpc) is 2.57. The summed E-state index contributed by atoms with van der Waals surface area (Å²) in [5, 5.41) is 0. The van der Waals surface area contributed by atoms with Gasteiger partial charge in [-0.05, 0) is 55.4 Å². The molecule has 2 aromatic carbocycles. The van der Waals surface area contributed by atoms with Crippen molar-refractivity contribution >= 4 is 0 Å². The molecule has 0 amide bonds. The lowest BCUT2D eigenvalue weighted by atomic mass is 10.1. The van der Waals surface area contributed by atoms with Crippen molar-refractivity contribution in [2.24, 2.45) is 0 Å². The van der Waals surface area contributed by atoms with Gasteiger partial charge in [0, 0.05) is 0 Å². The van der Waals surface area contributed by atoms with E-state index in [-0.39, 0.29) is 0 Å². The molecule has 1 nitrogen and oxygen atoms in total. The molecule has 1 heteroatoms. The average molecular weight is 296 g/mol. The summed E-state index contributed by atoms with van der Waals surface area (Å²) in [7, 11) is 0. The van der Waals surface area contributed by atoms with Crippen molar-refractivity contribution in [2.75, 3.05) is 6.61 Å². The van der Waals surface area contributed by atoms with Gasteiger partial charge in [-0.25, -0.2) is 0 Å². The summed E-state index contributed by atoms with van der Waals surface area (Å²) in [6, 6.07) is 19.3.